The van der Waals surface area contributed by atoms with Gasteiger partial charge >= 0.3 is 0 Å². The highest BCUT2D eigenvalue weighted by Crippen LogP contribution is 2.30. The predicted molar refractivity (Wildman–Crippen MR) is 104 cm³/mol. The van der Waals surface area contributed by atoms with Crippen LogP contribution in [0.3, 0.4) is 0 Å². The number of nitrogens with one attached hydrogen (secondary N) is 2. The highest BCUT2D eigenvalue weighted by atomic mass is 35.5. The molecule has 0 amide bonds. The average Bonchev–Trinajstić information content (AvgIpc) is 3.10. The summed E-state index contributed by atoms with van der Waals surface area (Å²) in [5.41, 5.74) is 0.959. The number of halogens is 2. The number of benzene rings is 1. The summed E-state index contributed by atoms with van der Waals surface area (Å²) in [6.45, 7) is 5.84. The maximum absolute atomic E-state index is 6.26. The molecular formula is C18H27Cl2N3O2. The summed E-state index contributed by atoms with van der Waals surface area (Å²) in [6.07, 6.45) is 2.18. The lowest BCUT2D eigenvalue weighted by molar-refractivity contribution is 0.0420. The zero-order valence-corrected chi connectivity index (χ0v) is 16.4. The molecule has 2 rings (SSSR count). The van der Waals surface area contributed by atoms with Crippen molar-refractivity contribution in [3.05, 3.63) is 33.8 Å². The summed E-state index contributed by atoms with van der Waals surface area (Å²) < 4.78 is 11.0. The number of aliphatic imine (C=N–C) groups is 1. The van der Waals surface area contributed by atoms with Gasteiger partial charge in [0.25, 0.3) is 0 Å². The molecule has 25 heavy (non-hydrogen) atoms. The number of ether oxygens (including phenoxy) is 2. The Balaban J connectivity index is 1.67. The van der Waals surface area contributed by atoms with Crippen LogP contribution in [0.4, 0.5) is 0 Å². The molecule has 1 aliphatic rings. The van der Waals surface area contributed by atoms with Crippen molar-refractivity contribution in [2.24, 2.45) is 4.99 Å². The van der Waals surface area contributed by atoms with E-state index in [0.717, 1.165) is 50.7 Å². The molecular weight excluding hydrogens is 361 g/mol. The molecule has 0 spiro atoms. The minimum atomic E-state index is 0.172. The fraction of sp³-hybridized carbons (Fsp3) is 0.611. The monoisotopic (exact) mass is 387 g/mol. The van der Waals surface area contributed by atoms with E-state index < -0.39 is 0 Å². The molecule has 2 N–H and O–H groups in total. The van der Waals surface area contributed by atoms with E-state index in [1.165, 1.54) is 0 Å². The van der Waals surface area contributed by atoms with Gasteiger partial charge in [-0.3, -0.25) is 4.99 Å². The van der Waals surface area contributed by atoms with Gasteiger partial charge in [0.1, 0.15) is 0 Å². The number of rotatable bonds is 8. The number of hydrogen-bond acceptors (Lipinski definition) is 3. The maximum Gasteiger partial charge on any atom is 0.190 e. The van der Waals surface area contributed by atoms with Gasteiger partial charge in [0, 0.05) is 49.3 Å². The zero-order valence-electron chi connectivity index (χ0n) is 14.9. The first kappa shape index (κ1) is 20.3. The summed E-state index contributed by atoms with van der Waals surface area (Å²) >= 11 is 12.5. The molecule has 7 heteroatoms. The second-order valence-electron chi connectivity index (χ2n) is 6.13. The summed E-state index contributed by atoms with van der Waals surface area (Å²) in [5, 5.41) is 7.99. The third-order valence-corrected chi connectivity index (χ3v) is 4.81. The lowest BCUT2D eigenvalue weighted by Crippen LogP contribution is -2.39. The first-order valence-corrected chi connectivity index (χ1v) is 9.45. The molecule has 2 atom stereocenters. The van der Waals surface area contributed by atoms with Crippen LogP contribution in [0, 0.1) is 0 Å². The van der Waals surface area contributed by atoms with Crippen molar-refractivity contribution in [3.8, 4) is 0 Å². The summed E-state index contributed by atoms with van der Waals surface area (Å²) in [7, 11) is 1.76. The molecule has 1 saturated heterocycles. The largest absolute Gasteiger partial charge is 0.379 e. The third kappa shape index (κ3) is 6.66. The van der Waals surface area contributed by atoms with Crippen LogP contribution >= 0.6 is 23.2 Å². The Labute approximate surface area is 160 Å². The average molecular weight is 388 g/mol. The van der Waals surface area contributed by atoms with Crippen LogP contribution in [0.25, 0.3) is 0 Å². The molecule has 140 valence electrons. The Hall–Kier alpha value is -1.01. The van der Waals surface area contributed by atoms with Gasteiger partial charge in [-0.25, -0.2) is 0 Å². The van der Waals surface area contributed by atoms with Crippen LogP contribution in [-0.4, -0.2) is 52.0 Å². The van der Waals surface area contributed by atoms with E-state index in [1.54, 1.807) is 7.05 Å². The Kier molecular flexibility index (Phi) is 8.82. The van der Waals surface area contributed by atoms with E-state index in [1.807, 2.05) is 18.2 Å². The van der Waals surface area contributed by atoms with E-state index in [-0.39, 0.29) is 12.0 Å². The Morgan fingerprint density at radius 1 is 1.36 bits per heavy atom. The van der Waals surface area contributed by atoms with Crippen LogP contribution in [-0.2, 0) is 9.47 Å². The molecule has 0 bridgehead atoms. The topological polar surface area (TPSA) is 54.9 Å². The maximum atomic E-state index is 6.26. The molecule has 0 aliphatic carbocycles. The predicted octanol–water partition coefficient (Wildman–Crippen LogP) is 3.46. The lowest BCUT2D eigenvalue weighted by atomic mass is 10.0. The van der Waals surface area contributed by atoms with E-state index in [9.17, 15) is 0 Å². The van der Waals surface area contributed by atoms with E-state index in [2.05, 4.69) is 22.5 Å². The van der Waals surface area contributed by atoms with Crippen LogP contribution in [0.15, 0.2) is 23.2 Å². The molecule has 0 radical (unpaired) electrons. The van der Waals surface area contributed by atoms with Crippen LogP contribution in [0.2, 0.25) is 10.0 Å². The summed E-state index contributed by atoms with van der Waals surface area (Å²) in [6, 6.07) is 5.58. The SMILES string of the molecule is CN=C(NCCCOC1CCOC1)NCC(C)c1c(Cl)cccc1Cl. The van der Waals surface area contributed by atoms with E-state index in [0.29, 0.717) is 16.6 Å². The first-order valence-electron chi connectivity index (χ1n) is 8.69. The van der Waals surface area contributed by atoms with Crippen molar-refractivity contribution >= 4 is 29.2 Å². The van der Waals surface area contributed by atoms with Gasteiger partial charge in [0.05, 0.1) is 12.7 Å². The van der Waals surface area contributed by atoms with Gasteiger partial charge in [-0.1, -0.05) is 36.2 Å². The van der Waals surface area contributed by atoms with Gasteiger partial charge in [-0.05, 0) is 30.5 Å². The number of nitrogens with zero attached hydrogens (tertiary/aromatic N) is 1. The van der Waals surface area contributed by atoms with Crippen LogP contribution < -0.4 is 10.6 Å². The highest BCUT2D eigenvalue weighted by Gasteiger charge is 2.16. The fourth-order valence-electron chi connectivity index (χ4n) is 2.73. The van der Waals surface area contributed by atoms with Crippen molar-refractivity contribution in [1.29, 1.82) is 0 Å². The standard InChI is InChI=1S/C18H27Cl2N3O2/c1-13(17-15(19)5-3-6-16(17)20)11-23-18(21-2)22-8-4-9-25-14-7-10-24-12-14/h3,5-6,13-14H,4,7-12H2,1-2H3,(H2,21,22,23). The Morgan fingerprint density at radius 3 is 2.76 bits per heavy atom. The third-order valence-electron chi connectivity index (χ3n) is 4.15. The van der Waals surface area contributed by atoms with Gasteiger partial charge < -0.3 is 20.1 Å². The minimum Gasteiger partial charge on any atom is -0.379 e. The van der Waals surface area contributed by atoms with Crippen LogP contribution in [0.1, 0.15) is 31.2 Å². The van der Waals surface area contributed by atoms with Crippen LogP contribution in [0.5, 0.6) is 0 Å². The van der Waals surface area contributed by atoms with E-state index >= 15 is 0 Å². The quantitative estimate of drug-likeness (QED) is 0.407. The number of guanidine groups is 1. The smallest absolute Gasteiger partial charge is 0.190 e. The fourth-order valence-corrected chi connectivity index (χ4v) is 3.50. The van der Waals surface area contributed by atoms with Gasteiger partial charge in [-0.2, -0.15) is 0 Å². The molecule has 1 heterocycles. The summed E-state index contributed by atoms with van der Waals surface area (Å²) in [5.74, 6) is 0.935. The molecule has 0 aromatic heterocycles. The minimum absolute atomic E-state index is 0.172. The zero-order chi connectivity index (χ0) is 18.1. The second kappa shape index (κ2) is 10.9. The highest BCUT2D eigenvalue weighted by molar-refractivity contribution is 6.36. The Bertz CT molecular complexity index is 543. The van der Waals surface area contributed by atoms with Crippen molar-refractivity contribution < 1.29 is 9.47 Å². The summed E-state index contributed by atoms with van der Waals surface area (Å²) in [4.78, 5) is 4.24. The second-order valence-corrected chi connectivity index (χ2v) is 6.94. The van der Waals surface area contributed by atoms with Crippen molar-refractivity contribution in [1.82, 2.24) is 10.6 Å². The number of hydrogen-bond donors (Lipinski definition) is 2. The molecule has 1 aromatic rings. The van der Waals surface area contributed by atoms with E-state index in [4.69, 9.17) is 32.7 Å². The molecule has 1 aromatic carbocycles. The molecule has 1 fully saturated rings. The molecule has 5 nitrogen and oxygen atoms in total. The van der Waals surface area contributed by atoms with Gasteiger partial charge in [0.2, 0.25) is 0 Å². The normalized spacial score (nSPS) is 19.0. The van der Waals surface area contributed by atoms with Crippen molar-refractivity contribution in [2.45, 2.75) is 31.8 Å². The lowest BCUT2D eigenvalue weighted by Gasteiger charge is -2.18. The Morgan fingerprint density at radius 2 is 2.12 bits per heavy atom. The van der Waals surface area contributed by atoms with Gasteiger partial charge in [-0.15, -0.1) is 0 Å². The molecule has 2 unspecified atom stereocenters. The molecule has 0 saturated carbocycles. The molecule has 1 aliphatic heterocycles. The first-order chi connectivity index (χ1) is 12.1. The van der Waals surface area contributed by atoms with Crippen molar-refractivity contribution in [3.63, 3.8) is 0 Å². The van der Waals surface area contributed by atoms with Gasteiger partial charge in [0.15, 0.2) is 5.96 Å². The van der Waals surface area contributed by atoms with Crippen molar-refractivity contribution in [2.75, 3.05) is 40.0 Å².